The zero-order chi connectivity index (χ0) is 15.3. The molecule has 2 amide bonds. The number of hydrogen-bond donors (Lipinski definition) is 3. The quantitative estimate of drug-likeness (QED) is 0.765. The maximum absolute atomic E-state index is 11.6. The fraction of sp³-hybridized carbons (Fsp3) is 0.462. The molecule has 20 heavy (non-hydrogen) atoms. The van der Waals surface area contributed by atoms with Crippen LogP contribution < -0.4 is 15.8 Å². The number of primary sulfonamides is 1. The lowest BCUT2D eigenvalue weighted by Crippen LogP contribution is -2.38. The lowest BCUT2D eigenvalue weighted by atomic mass is 10.1. The van der Waals surface area contributed by atoms with Gasteiger partial charge in [-0.3, -0.25) is 0 Å². The van der Waals surface area contributed by atoms with Gasteiger partial charge in [0.05, 0.1) is 10.9 Å². The lowest BCUT2D eigenvalue weighted by Gasteiger charge is -2.16. The van der Waals surface area contributed by atoms with Gasteiger partial charge in [-0.1, -0.05) is 26.0 Å². The molecule has 0 saturated carbocycles. The molecule has 0 spiro atoms. The second kappa shape index (κ2) is 6.71. The first kappa shape index (κ1) is 16.5. The van der Waals surface area contributed by atoms with Crippen LogP contribution in [-0.4, -0.2) is 21.0 Å². The average Bonchev–Trinajstić information content (AvgIpc) is 2.35. The SMILES string of the molecule is CC(C)CNC(=O)NC(C)c1cccc(S(N)(=O)=O)c1. The summed E-state index contributed by atoms with van der Waals surface area (Å²) in [6, 6.07) is 5.62. The molecular formula is C13H21N3O3S. The zero-order valence-electron chi connectivity index (χ0n) is 11.9. The molecular weight excluding hydrogens is 278 g/mol. The molecule has 0 radical (unpaired) electrons. The van der Waals surface area contributed by atoms with Crippen molar-refractivity contribution in [1.29, 1.82) is 0 Å². The molecule has 1 aromatic carbocycles. The third-order valence-corrected chi connectivity index (χ3v) is 3.62. The number of urea groups is 1. The molecule has 7 heteroatoms. The van der Waals surface area contributed by atoms with Gasteiger partial charge in [0, 0.05) is 6.54 Å². The Labute approximate surface area is 119 Å². The van der Waals surface area contributed by atoms with E-state index in [2.05, 4.69) is 10.6 Å². The molecule has 0 aromatic heterocycles. The minimum absolute atomic E-state index is 0.0336. The van der Waals surface area contributed by atoms with E-state index >= 15 is 0 Å². The largest absolute Gasteiger partial charge is 0.338 e. The molecule has 4 N–H and O–H groups in total. The summed E-state index contributed by atoms with van der Waals surface area (Å²) in [5, 5.41) is 10.6. The Bertz CT molecular complexity index is 570. The van der Waals surface area contributed by atoms with Gasteiger partial charge in [0.15, 0.2) is 0 Å². The summed E-state index contributed by atoms with van der Waals surface area (Å²) in [7, 11) is -3.74. The van der Waals surface area contributed by atoms with Gasteiger partial charge in [0.1, 0.15) is 0 Å². The number of hydrogen-bond acceptors (Lipinski definition) is 3. The first-order valence-corrected chi connectivity index (χ1v) is 7.92. The molecule has 0 aliphatic carbocycles. The van der Waals surface area contributed by atoms with Crippen LogP contribution in [0, 0.1) is 5.92 Å². The molecule has 0 heterocycles. The third kappa shape index (κ3) is 5.18. The van der Waals surface area contributed by atoms with E-state index in [1.807, 2.05) is 13.8 Å². The minimum atomic E-state index is -3.74. The van der Waals surface area contributed by atoms with Crippen molar-refractivity contribution >= 4 is 16.1 Å². The summed E-state index contributed by atoms with van der Waals surface area (Å²) >= 11 is 0. The van der Waals surface area contributed by atoms with E-state index in [0.29, 0.717) is 18.0 Å². The van der Waals surface area contributed by atoms with Gasteiger partial charge in [-0.25, -0.2) is 18.4 Å². The molecule has 0 aliphatic rings. The second-order valence-corrected chi connectivity index (χ2v) is 6.65. The van der Waals surface area contributed by atoms with Gasteiger partial charge in [0.2, 0.25) is 10.0 Å². The van der Waals surface area contributed by atoms with Crippen LogP contribution in [0.25, 0.3) is 0 Å². The Morgan fingerprint density at radius 3 is 2.50 bits per heavy atom. The van der Waals surface area contributed by atoms with Crippen molar-refractivity contribution in [3.8, 4) is 0 Å². The number of carbonyl (C=O) groups is 1. The summed E-state index contributed by atoms with van der Waals surface area (Å²) in [5.41, 5.74) is 0.677. The summed E-state index contributed by atoms with van der Waals surface area (Å²) in [6.45, 7) is 6.35. The van der Waals surface area contributed by atoms with Crippen molar-refractivity contribution in [1.82, 2.24) is 10.6 Å². The van der Waals surface area contributed by atoms with Gasteiger partial charge in [-0.05, 0) is 30.5 Å². The number of nitrogens with two attached hydrogens (primary N) is 1. The van der Waals surface area contributed by atoms with Crippen molar-refractivity contribution in [2.75, 3.05) is 6.54 Å². The molecule has 1 rings (SSSR count). The summed E-state index contributed by atoms with van der Waals surface area (Å²) in [6.07, 6.45) is 0. The number of sulfonamides is 1. The van der Waals surface area contributed by atoms with E-state index < -0.39 is 10.0 Å². The first-order valence-electron chi connectivity index (χ1n) is 6.37. The number of amides is 2. The van der Waals surface area contributed by atoms with Gasteiger partial charge in [0.25, 0.3) is 0 Å². The van der Waals surface area contributed by atoms with Crippen LogP contribution in [0.4, 0.5) is 4.79 Å². The summed E-state index contributed by atoms with van der Waals surface area (Å²) in [5.74, 6) is 0.363. The van der Waals surface area contributed by atoms with Crippen molar-refractivity contribution in [2.24, 2.45) is 11.1 Å². The molecule has 0 aliphatic heterocycles. The third-order valence-electron chi connectivity index (χ3n) is 2.71. The van der Waals surface area contributed by atoms with E-state index in [9.17, 15) is 13.2 Å². The maximum atomic E-state index is 11.6. The fourth-order valence-electron chi connectivity index (χ4n) is 1.59. The van der Waals surface area contributed by atoms with Crippen molar-refractivity contribution in [3.05, 3.63) is 29.8 Å². The monoisotopic (exact) mass is 299 g/mol. The van der Waals surface area contributed by atoms with Crippen LogP contribution in [0.1, 0.15) is 32.4 Å². The van der Waals surface area contributed by atoms with Crippen LogP contribution in [0.3, 0.4) is 0 Å². The Morgan fingerprint density at radius 2 is 1.95 bits per heavy atom. The highest BCUT2D eigenvalue weighted by Gasteiger charge is 2.13. The van der Waals surface area contributed by atoms with Gasteiger partial charge >= 0.3 is 6.03 Å². The first-order chi connectivity index (χ1) is 9.20. The van der Waals surface area contributed by atoms with E-state index in [-0.39, 0.29) is 17.0 Å². The Morgan fingerprint density at radius 1 is 1.30 bits per heavy atom. The number of carbonyl (C=O) groups excluding carboxylic acids is 1. The molecule has 1 atom stereocenters. The van der Waals surface area contributed by atoms with E-state index in [4.69, 9.17) is 5.14 Å². The Balaban J connectivity index is 2.73. The second-order valence-electron chi connectivity index (χ2n) is 5.09. The standard InChI is InChI=1S/C13H21N3O3S/c1-9(2)8-15-13(17)16-10(3)11-5-4-6-12(7-11)20(14,18)19/h4-7,9-10H,8H2,1-3H3,(H2,14,18,19)(H2,15,16,17). The molecule has 1 unspecified atom stereocenters. The fourth-order valence-corrected chi connectivity index (χ4v) is 2.16. The van der Waals surface area contributed by atoms with Crippen molar-refractivity contribution in [3.63, 3.8) is 0 Å². The average molecular weight is 299 g/mol. The van der Waals surface area contributed by atoms with Gasteiger partial charge in [-0.15, -0.1) is 0 Å². The molecule has 0 fully saturated rings. The number of rotatable bonds is 5. The molecule has 1 aromatic rings. The highest BCUT2D eigenvalue weighted by Crippen LogP contribution is 2.16. The molecule has 0 saturated heterocycles. The lowest BCUT2D eigenvalue weighted by molar-refractivity contribution is 0.236. The normalized spacial score (nSPS) is 13.1. The van der Waals surface area contributed by atoms with Crippen molar-refractivity contribution in [2.45, 2.75) is 31.7 Å². The Kier molecular flexibility index (Phi) is 5.52. The Hall–Kier alpha value is -1.60. The van der Waals surface area contributed by atoms with E-state index in [1.165, 1.54) is 12.1 Å². The zero-order valence-corrected chi connectivity index (χ0v) is 12.7. The number of benzene rings is 1. The van der Waals surface area contributed by atoms with Gasteiger partial charge in [-0.2, -0.15) is 0 Å². The predicted octanol–water partition coefficient (Wildman–Crippen LogP) is 1.35. The van der Waals surface area contributed by atoms with E-state index in [0.717, 1.165) is 0 Å². The maximum Gasteiger partial charge on any atom is 0.315 e. The number of nitrogens with one attached hydrogen (secondary N) is 2. The van der Waals surface area contributed by atoms with E-state index in [1.54, 1.807) is 19.1 Å². The van der Waals surface area contributed by atoms with Crippen LogP contribution in [-0.2, 0) is 10.0 Å². The molecule has 6 nitrogen and oxygen atoms in total. The topological polar surface area (TPSA) is 101 Å². The van der Waals surface area contributed by atoms with Crippen LogP contribution in [0.5, 0.6) is 0 Å². The molecule has 0 bridgehead atoms. The minimum Gasteiger partial charge on any atom is -0.338 e. The highest BCUT2D eigenvalue weighted by molar-refractivity contribution is 7.89. The van der Waals surface area contributed by atoms with Crippen LogP contribution in [0.15, 0.2) is 29.2 Å². The summed E-state index contributed by atoms with van der Waals surface area (Å²) < 4.78 is 22.6. The smallest absolute Gasteiger partial charge is 0.315 e. The van der Waals surface area contributed by atoms with Crippen LogP contribution >= 0.6 is 0 Å². The summed E-state index contributed by atoms with van der Waals surface area (Å²) in [4.78, 5) is 11.7. The van der Waals surface area contributed by atoms with Crippen molar-refractivity contribution < 1.29 is 13.2 Å². The van der Waals surface area contributed by atoms with Crippen LogP contribution in [0.2, 0.25) is 0 Å². The van der Waals surface area contributed by atoms with Gasteiger partial charge < -0.3 is 10.6 Å². The molecule has 112 valence electrons. The predicted molar refractivity (Wildman–Crippen MR) is 77.6 cm³/mol. The highest BCUT2D eigenvalue weighted by atomic mass is 32.2.